The SMILES string of the molecule is O=C(CCC1CCCC1)NC(=Cc1ccc(Oc2ccccc2Br)nc1)C(=O)O. The molecule has 29 heavy (non-hydrogen) atoms. The summed E-state index contributed by atoms with van der Waals surface area (Å²) in [4.78, 5) is 27.9. The van der Waals surface area contributed by atoms with E-state index in [2.05, 4.69) is 26.2 Å². The molecule has 1 amide bonds. The zero-order valence-corrected chi connectivity index (χ0v) is 17.5. The van der Waals surface area contributed by atoms with Crippen LogP contribution in [0, 0.1) is 5.92 Å². The molecule has 152 valence electrons. The summed E-state index contributed by atoms with van der Waals surface area (Å²) in [6.45, 7) is 0. The Kier molecular flexibility index (Phi) is 7.41. The molecule has 0 saturated heterocycles. The molecule has 1 heterocycles. The lowest BCUT2D eigenvalue weighted by Gasteiger charge is -2.10. The minimum absolute atomic E-state index is 0.164. The zero-order valence-electron chi connectivity index (χ0n) is 15.9. The van der Waals surface area contributed by atoms with Gasteiger partial charge in [-0.2, -0.15) is 0 Å². The number of aliphatic carboxylic acids is 1. The summed E-state index contributed by atoms with van der Waals surface area (Å²) in [5, 5.41) is 11.9. The molecule has 0 atom stereocenters. The van der Waals surface area contributed by atoms with E-state index in [1.165, 1.54) is 25.1 Å². The summed E-state index contributed by atoms with van der Waals surface area (Å²) >= 11 is 3.41. The fourth-order valence-corrected chi connectivity index (χ4v) is 3.71. The van der Waals surface area contributed by atoms with Crippen molar-refractivity contribution in [1.82, 2.24) is 10.3 Å². The first-order chi connectivity index (χ1) is 14.0. The Labute approximate surface area is 178 Å². The number of ether oxygens (including phenoxy) is 1. The summed E-state index contributed by atoms with van der Waals surface area (Å²) in [6.07, 6.45) is 8.81. The zero-order chi connectivity index (χ0) is 20.6. The highest BCUT2D eigenvalue weighted by Gasteiger charge is 2.18. The molecule has 7 heteroatoms. The lowest BCUT2D eigenvalue weighted by atomic mass is 10.0. The number of benzene rings is 1. The number of nitrogens with zero attached hydrogens (tertiary/aromatic N) is 1. The van der Waals surface area contributed by atoms with Gasteiger partial charge in [0.15, 0.2) is 0 Å². The Bertz CT molecular complexity index is 890. The van der Waals surface area contributed by atoms with Crippen LogP contribution in [0.15, 0.2) is 52.8 Å². The van der Waals surface area contributed by atoms with Gasteiger partial charge in [-0.3, -0.25) is 4.79 Å². The van der Waals surface area contributed by atoms with Gasteiger partial charge in [0.25, 0.3) is 0 Å². The van der Waals surface area contributed by atoms with Crippen LogP contribution in [0.25, 0.3) is 6.08 Å². The average molecular weight is 459 g/mol. The van der Waals surface area contributed by atoms with Crippen molar-refractivity contribution in [3.63, 3.8) is 0 Å². The summed E-state index contributed by atoms with van der Waals surface area (Å²) in [7, 11) is 0. The van der Waals surface area contributed by atoms with E-state index in [0.29, 0.717) is 29.5 Å². The van der Waals surface area contributed by atoms with Gasteiger partial charge < -0.3 is 15.2 Å². The Balaban J connectivity index is 1.61. The normalized spacial score (nSPS) is 14.6. The third-order valence-corrected chi connectivity index (χ3v) is 5.54. The van der Waals surface area contributed by atoms with Crippen LogP contribution < -0.4 is 10.1 Å². The molecule has 1 aliphatic carbocycles. The molecular weight excluding hydrogens is 436 g/mol. The smallest absolute Gasteiger partial charge is 0.352 e. The number of aromatic nitrogens is 1. The van der Waals surface area contributed by atoms with E-state index in [9.17, 15) is 14.7 Å². The van der Waals surface area contributed by atoms with Gasteiger partial charge in [0.05, 0.1) is 4.47 Å². The number of carbonyl (C=O) groups excluding carboxylic acids is 1. The maximum Gasteiger partial charge on any atom is 0.352 e. The van der Waals surface area contributed by atoms with E-state index in [0.717, 1.165) is 23.7 Å². The number of rotatable bonds is 8. The van der Waals surface area contributed by atoms with Crippen LogP contribution in [0.5, 0.6) is 11.6 Å². The Morgan fingerprint density at radius 2 is 1.97 bits per heavy atom. The fourth-order valence-electron chi connectivity index (χ4n) is 3.34. The fraction of sp³-hybridized carbons (Fsp3) is 0.318. The highest BCUT2D eigenvalue weighted by atomic mass is 79.9. The standard InChI is InChI=1S/C22H23BrN2O4/c23-17-7-3-4-8-19(17)29-21-12-10-16(14-24-21)13-18(22(27)28)25-20(26)11-9-15-5-1-2-6-15/h3-4,7-8,10,12-15H,1-2,5-6,9,11H2,(H,25,26)(H,27,28). The molecule has 0 radical (unpaired) electrons. The molecule has 0 spiro atoms. The van der Waals surface area contributed by atoms with Crippen molar-refractivity contribution < 1.29 is 19.4 Å². The lowest BCUT2D eigenvalue weighted by molar-refractivity contribution is -0.134. The summed E-state index contributed by atoms with van der Waals surface area (Å²) in [5.74, 6) is 0.134. The van der Waals surface area contributed by atoms with Crippen LogP contribution in [-0.2, 0) is 9.59 Å². The number of carboxylic acid groups (broad SMARTS) is 1. The number of hydrogen-bond donors (Lipinski definition) is 2. The molecule has 0 unspecified atom stereocenters. The molecule has 0 bridgehead atoms. The van der Waals surface area contributed by atoms with Crippen molar-refractivity contribution in [2.75, 3.05) is 0 Å². The van der Waals surface area contributed by atoms with E-state index >= 15 is 0 Å². The van der Waals surface area contributed by atoms with Crippen molar-refractivity contribution in [1.29, 1.82) is 0 Å². The van der Waals surface area contributed by atoms with Crippen LogP contribution in [0.2, 0.25) is 0 Å². The van der Waals surface area contributed by atoms with Gasteiger partial charge in [-0.05, 0) is 58.1 Å². The van der Waals surface area contributed by atoms with Crippen molar-refractivity contribution in [3.05, 3.63) is 58.3 Å². The number of carboxylic acids is 1. The van der Waals surface area contributed by atoms with E-state index in [1.807, 2.05) is 24.3 Å². The molecule has 1 aromatic carbocycles. The van der Waals surface area contributed by atoms with E-state index < -0.39 is 5.97 Å². The van der Waals surface area contributed by atoms with Crippen LogP contribution in [0.3, 0.4) is 0 Å². The second-order valence-corrected chi connectivity index (χ2v) is 7.92. The van der Waals surface area contributed by atoms with E-state index in [4.69, 9.17) is 4.74 Å². The topological polar surface area (TPSA) is 88.5 Å². The van der Waals surface area contributed by atoms with Crippen LogP contribution in [-0.4, -0.2) is 22.0 Å². The number of halogens is 1. The Morgan fingerprint density at radius 3 is 2.62 bits per heavy atom. The maximum atomic E-state index is 12.1. The van der Waals surface area contributed by atoms with Gasteiger partial charge >= 0.3 is 5.97 Å². The molecule has 0 aliphatic heterocycles. The van der Waals surface area contributed by atoms with Gasteiger partial charge in [-0.15, -0.1) is 0 Å². The molecule has 2 N–H and O–H groups in total. The quantitative estimate of drug-likeness (QED) is 0.534. The van der Waals surface area contributed by atoms with Crippen LogP contribution >= 0.6 is 15.9 Å². The number of pyridine rings is 1. The summed E-state index contributed by atoms with van der Waals surface area (Å²) in [6, 6.07) is 10.7. The molecule has 1 saturated carbocycles. The van der Waals surface area contributed by atoms with Crippen LogP contribution in [0.4, 0.5) is 0 Å². The Morgan fingerprint density at radius 1 is 1.21 bits per heavy atom. The lowest BCUT2D eigenvalue weighted by Crippen LogP contribution is -2.27. The van der Waals surface area contributed by atoms with E-state index in [-0.39, 0.29) is 11.6 Å². The van der Waals surface area contributed by atoms with Crippen molar-refractivity contribution in [2.45, 2.75) is 38.5 Å². The first-order valence-electron chi connectivity index (χ1n) is 9.64. The monoisotopic (exact) mass is 458 g/mol. The largest absolute Gasteiger partial charge is 0.477 e. The van der Waals surface area contributed by atoms with Crippen molar-refractivity contribution in [3.8, 4) is 11.6 Å². The highest BCUT2D eigenvalue weighted by molar-refractivity contribution is 9.10. The summed E-state index contributed by atoms with van der Waals surface area (Å²) in [5.41, 5.74) is 0.390. The molecule has 1 fully saturated rings. The number of para-hydroxylation sites is 1. The third-order valence-electron chi connectivity index (χ3n) is 4.88. The third kappa shape index (κ3) is 6.42. The maximum absolute atomic E-state index is 12.1. The van der Waals surface area contributed by atoms with Gasteiger partial charge in [-0.1, -0.05) is 37.8 Å². The molecule has 3 rings (SSSR count). The van der Waals surface area contributed by atoms with Crippen molar-refractivity contribution in [2.24, 2.45) is 5.92 Å². The second kappa shape index (κ2) is 10.2. The van der Waals surface area contributed by atoms with Gasteiger partial charge in [0, 0.05) is 18.7 Å². The molecule has 1 aromatic heterocycles. The number of nitrogens with one attached hydrogen (secondary N) is 1. The van der Waals surface area contributed by atoms with Gasteiger partial charge in [0.2, 0.25) is 11.8 Å². The molecule has 6 nitrogen and oxygen atoms in total. The second-order valence-electron chi connectivity index (χ2n) is 7.06. The Hall–Kier alpha value is -2.67. The first kappa shape index (κ1) is 21.0. The highest BCUT2D eigenvalue weighted by Crippen LogP contribution is 2.29. The predicted octanol–water partition coefficient (Wildman–Crippen LogP) is 5.15. The van der Waals surface area contributed by atoms with E-state index in [1.54, 1.807) is 12.1 Å². The molecule has 1 aliphatic rings. The number of amides is 1. The van der Waals surface area contributed by atoms with Crippen molar-refractivity contribution >= 4 is 33.9 Å². The average Bonchev–Trinajstić information content (AvgIpc) is 3.23. The van der Waals surface area contributed by atoms with Gasteiger partial charge in [0.1, 0.15) is 11.4 Å². The molecule has 2 aromatic rings. The minimum atomic E-state index is -1.19. The van der Waals surface area contributed by atoms with Gasteiger partial charge in [-0.25, -0.2) is 9.78 Å². The minimum Gasteiger partial charge on any atom is -0.477 e. The summed E-state index contributed by atoms with van der Waals surface area (Å²) < 4.78 is 6.50. The number of hydrogen-bond acceptors (Lipinski definition) is 4. The predicted molar refractivity (Wildman–Crippen MR) is 113 cm³/mol. The number of carbonyl (C=O) groups is 2. The first-order valence-corrected chi connectivity index (χ1v) is 10.4. The molecular formula is C22H23BrN2O4. The van der Waals surface area contributed by atoms with Crippen LogP contribution in [0.1, 0.15) is 44.1 Å².